The van der Waals surface area contributed by atoms with Crippen molar-refractivity contribution < 1.29 is 33.5 Å². The molecule has 48 heavy (non-hydrogen) atoms. The highest BCUT2D eigenvalue weighted by Crippen LogP contribution is 2.16. The molecular weight excluding hydrogens is 614 g/mol. The molecule has 5 amide bonds. The lowest BCUT2D eigenvalue weighted by atomic mass is 9.96. The number of amides is 5. The van der Waals surface area contributed by atoms with Gasteiger partial charge in [-0.25, -0.2) is 0 Å². The molecule has 0 bridgehead atoms. The van der Waals surface area contributed by atoms with E-state index in [1.54, 1.807) is 38.5 Å². The van der Waals surface area contributed by atoms with E-state index in [9.17, 15) is 24.0 Å². The second kappa shape index (κ2) is 21.3. The topological polar surface area (TPSA) is 162 Å². The van der Waals surface area contributed by atoms with Gasteiger partial charge in [0.2, 0.25) is 36.0 Å². The number of nitrogens with zero attached hydrogens (tertiary/aromatic N) is 2. The maximum Gasteiger partial charge on any atom is 0.252 e. The standard InChI is InChI=1S/C35H61N7O6/c1-12-15-28(41(10)35(47)30(24(8)13-2)40-32(44)26-16-18-42(48-11)19-17-26)33(45)38-27(20-22(4)5)21-37-25(9)31(43)39-29(23(6)7)34(46)36-14-3/h16-19,22-25,27-30,37H,12-15,20-21H2,1-11H3,(H3-,36,38,39,40,43,44,45,46)/p+1/t24-,25-,27-,28-,29-,30-/m0/s1. The second-order valence-corrected chi connectivity index (χ2v) is 13.3. The van der Waals surface area contributed by atoms with E-state index in [0.29, 0.717) is 44.3 Å². The summed E-state index contributed by atoms with van der Waals surface area (Å²) in [5.41, 5.74) is 0.380. The summed E-state index contributed by atoms with van der Waals surface area (Å²) in [6.07, 6.45) is 5.58. The monoisotopic (exact) mass is 676 g/mol. The van der Waals surface area contributed by atoms with Crippen molar-refractivity contribution in [1.29, 1.82) is 0 Å². The van der Waals surface area contributed by atoms with Gasteiger partial charge >= 0.3 is 0 Å². The Morgan fingerprint density at radius 2 is 1.48 bits per heavy atom. The van der Waals surface area contributed by atoms with Gasteiger partial charge in [-0.3, -0.25) is 28.8 Å². The number of hydrogen-bond donors (Lipinski definition) is 5. The van der Waals surface area contributed by atoms with Gasteiger partial charge in [-0.1, -0.05) is 61.3 Å². The zero-order valence-corrected chi connectivity index (χ0v) is 31.0. The van der Waals surface area contributed by atoms with E-state index in [0.717, 1.165) is 0 Å². The van der Waals surface area contributed by atoms with Crippen LogP contribution >= 0.6 is 0 Å². The number of likely N-dealkylation sites (N-methyl/N-ethyl adjacent to an activating group) is 2. The van der Waals surface area contributed by atoms with Crippen LogP contribution in [0.15, 0.2) is 24.5 Å². The predicted molar refractivity (Wildman–Crippen MR) is 186 cm³/mol. The number of pyridine rings is 1. The third kappa shape index (κ3) is 13.4. The lowest BCUT2D eigenvalue weighted by molar-refractivity contribution is -0.885. The summed E-state index contributed by atoms with van der Waals surface area (Å²) in [5, 5.41) is 14.8. The highest BCUT2D eigenvalue weighted by molar-refractivity contribution is 5.98. The summed E-state index contributed by atoms with van der Waals surface area (Å²) in [6.45, 7) is 18.0. The molecule has 0 spiro atoms. The summed E-state index contributed by atoms with van der Waals surface area (Å²) in [4.78, 5) is 72.9. The molecule has 0 aliphatic carbocycles. The van der Waals surface area contributed by atoms with Gasteiger partial charge < -0.3 is 31.5 Å². The first kappa shape index (κ1) is 42.3. The van der Waals surface area contributed by atoms with Gasteiger partial charge in [-0.15, -0.1) is 0 Å². The Hall–Kier alpha value is -3.74. The first-order chi connectivity index (χ1) is 22.6. The van der Waals surface area contributed by atoms with Crippen LogP contribution in [0, 0.1) is 17.8 Å². The van der Waals surface area contributed by atoms with Crippen molar-refractivity contribution in [1.82, 2.24) is 31.5 Å². The maximum atomic E-state index is 13.9. The Kier molecular flexibility index (Phi) is 18.7. The average molecular weight is 677 g/mol. The van der Waals surface area contributed by atoms with Gasteiger partial charge in [0, 0.05) is 43.0 Å². The number of hydrogen-bond acceptors (Lipinski definition) is 7. The first-order valence-corrected chi connectivity index (χ1v) is 17.4. The van der Waals surface area contributed by atoms with Crippen LogP contribution in [0.25, 0.3) is 0 Å². The number of aromatic nitrogens is 1. The van der Waals surface area contributed by atoms with Crippen LogP contribution in [0.3, 0.4) is 0 Å². The van der Waals surface area contributed by atoms with Crippen LogP contribution < -0.4 is 36.2 Å². The molecule has 6 atom stereocenters. The fourth-order valence-corrected chi connectivity index (χ4v) is 5.31. The van der Waals surface area contributed by atoms with Crippen LogP contribution in [0.5, 0.6) is 0 Å². The summed E-state index contributed by atoms with van der Waals surface area (Å²) >= 11 is 0. The maximum absolute atomic E-state index is 13.9. The van der Waals surface area contributed by atoms with Crippen LogP contribution in [-0.2, 0) is 19.2 Å². The summed E-state index contributed by atoms with van der Waals surface area (Å²) in [5.74, 6) is -1.60. The first-order valence-electron chi connectivity index (χ1n) is 17.4. The largest absolute Gasteiger partial charge is 0.355 e. The molecule has 1 heterocycles. The molecule has 0 aliphatic rings. The molecule has 0 unspecified atom stereocenters. The molecule has 0 saturated carbocycles. The lowest BCUT2D eigenvalue weighted by Crippen LogP contribution is -2.58. The molecule has 1 aromatic heterocycles. The summed E-state index contributed by atoms with van der Waals surface area (Å²) < 4.78 is 1.45. The minimum atomic E-state index is -0.837. The SMILES string of the molecule is CCC[C@@H](C(=O)N[C@H](CN[C@@H](C)C(=O)N[C@H](C(=O)NCC)C(C)C)CC(C)C)N(C)C(=O)[C@@H](NC(=O)c1cc[n+](OC)cc1)[C@@H](C)CC. The molecule has 13 heteroatoms. The number of carbonyl (C=O) groups is 5. The molecule has 5 N–H and O–H groups in total. The van der Waals surface area contributed by atoms with E-state index in [2.05, 4.69) is 40.4 Å². The highest BCUT2D eigenvalue weighted by atomic mass is 16.6. The molecule has 0 radical (unpaired) electrons. The van der Waals surface area contributed by atoms with E-state index >= 15 is 0 Å². The van der Waals surface area contributed by atoms with Crippen molar-refractivity contribution in [3.63, 3.8) is 0 Å². The van der Waals surface area contributed by atoms with Crippen molar-refractivity contribution in [2.75, 3.05) is 27.2 Å². The molecule has 0 aliphatic heterocycles. The fourth-order valence-electron chi connectivity index (χ4n) is 5.31. The highest BCUT2D eigenvalue weighted by Gasteiger charge is 2.35. The summed E-state index contributed by atoms with van der Waals surface area (Å²) in [7, 11) is 3.12. The second-order valence-electron chi connectivity index (χ2n) is 13.3. The Morgan fingerprint density at radius 1 is 0.854 bits per heavy atom. The van der Waals surface area contributed by atoms with E-state index < -0.39 is 30.1 Å². The summed E-state index contributed by atoms with van der Waals surface area (Å²) in [6, 6.07) is 0.0131. The van der Waals surface area contributed by atoms with Crippen molar-refractivity contribution in [3.8, 4) is 0 Å². The van der Waals surface area contributed by atoms with Gasteiger partial charge in [-0.2, -0.15) is 0 Å². The predicted octanol–water partition coefficient (Wildman–Crippen LogP) is 1.59. The third-order valence-corrected chi connectivity index (χ3v) is 8.48. The molecule has 13 nitrogen and oxygen atoms in total. The Balaban J connectivity index is 3.07. The van der Waals surface area contributed by atoms with Crippen LogP contribution in [0.4, 0.5) is 0 Å². The smallest absolute Gasteiger partial charge is 0.252 e. The van der Waals surface area contributed by atoms with Crippen molar-refractivity contribution >= 4 is 29.5 Å². The number of carbonyl (C=O) groups excluding carboxylic acids is 5. The fraction of sp³-hybridized carbons (Fsp3) is 0.714. The quantitative estimate of drug-likeness (QED) is 0.124. The molecule has 272 valence electrons. The Bertz CT molecular complexity index is 1180. The zero-order valence-electron chi connectivity index (χ0n) is 31.0. The molecule has 1 aromatic rings. The third-order valence-electron chi connectivity index (χ3n) is 8.48. The van der Waals surface area contributed by atoms with Gasteiger partial charge in [0.05, 0.1) is 11.6 Å². The van der Waals surface area contributed by atoms with Gasteiger partial charge in [0.15, 0.2) is 0 Å². The van der Waals surface area contributed by atoms with Crippen molar-refractivity contribution in [2.24, 2.45) is 17.8 Å². The minimum Gasteiger partial charge on any atom is -0.355 e. The van der Waals surface area contributed by atoms with Gasteiger partial charge in [0.1, 0.15) is 25.2 Å². The van der Waals surface area contributed by atoms with Gasteiger partial charge in [0.25, 0.3) is 5.91 Å². The van der Waals surface area contributed by atoms with Gasteiger partial charge in [-0.05, 0) is 44.4 Å². The molecule has 0 aromatic carbocycles. The Morgan fingerprint density at radius 3 is 1.98 bits per heavy atom. The van der Waals surface area contributed by atoms with E-state index in [1.807, 2.05) is 41.5 Å². The molecule has 0 saturated heterocycles. The van der Waals surface area contributed by atoms with Crippen LogP contribution in [-0.4, -0.2) is 91.9 Å². The lowest BCUT2D eigenvalue weighted by Gasteiger charge is -2.34. The minimum absolute atomic E-state index is 0.0920. The zero-order chi connectivity index (χ0) is 36.6. The van der Waals surface area contributed by atoms with E-state index in [4.69, 9.17) is 4.84 Å². The van der Waals surface area contributed by atoms with Crippen LogP contribution in [0.2, 0.25) is 0 Å². The molecular formula is C35H62N7O6+. The Labute approximate surface area is 287 Å². The average Bonchev–Trinajstić information content (AvgIpc) is 3.05. The number of rotatable bonds is 21. The molecule has 1 rings (SSSR count). The van der Waals surface area contributed by atoms with Crippen molar-refractivity contribution in [3.05, 3.63) is 30.1 Å². The van der Waals surface area contributed by atoms with Crippen LogP contribution in [0.1, 0.15) is 98.4 Å². The van der Waals surface area contributed by atoms with Crippen molar-refractivity contribution in [2.45, 2.75) is 118 Å². The van der Waals surface area contributed by atoms with E-state index in [-0.39, 0.29) is 47.4 Å². The molecule has 0 fully saturated rings. The normalized spacial score (nSPS) is 15.0. The number of nitrogens with one attached hydrogen (secondary N) is 5. The van der Waals surface area contributed by atoms with E-state index in [1.165, 1.54) is 16.7 Å².